The van der Waals surface area contributed by atoms with Gasteiger partial charge in [-0.3, -0.25) is 0 Å². The molecule has 1 aromatic rings. The van der Waals surface area contributed by atoms with Crippen LogP contribution in [0, 0.1) is 0 Å². The average molecular weight is 164 g/mol. The first kappa shape index (κ1) is 9.39. The molecular weight excluding hydrogens is 154 g/mol. The Morgan fingerprint density at radius 3 is 2.90 bits per heavy atom. The lowest BCUT2D eigenvalue weighted by molar-refractivity contribution is 0.406. The maximum absolute atomic E-state index is 5.34. The van der Waals surface area contributed by atoms with E-state index in [9.17, 15) is 0 Å². The average Bonchev–Trinajstić information content (AvgIpc) is 2.37. The SMILES string of the molecule is CC(CN)c1ncon1.Cl. The quantitative estimate of drug-likeness (QED) is 0.692. The Morgan fingerprint density at radius 1 is 1.80 bits per heavy atom. The van der Waals surface area contributed by atoms with Crippen molar-refractivity contribution in [1.29, 1.82) is 0 Å². The van der Waals surface area contributed by atoms with E-state index in [-0.39, 0.29) is 18.3 Å². The Kier molecular flexibility index (Phi) is 3.99. The monoisotopic (exact) mass is 163 g/mol. The molecule has 0 aliphatic carbocycles. The Labute approximate surface area is 65.2 Å². The van der Waals surface area contributed by atoms with Crippen molar-refractivity contribution in [2.75, 3.05) is 6.54 Å². The van der Waals surface area contributed by atoms with E-state index in [1.165, 1.54) is 6.39 Å². The zero-order chi connectivity index (χ0) is 6.69. The highest BCUT2D eigenvalue weighted by Crippen LogP contribution is 2.05. The Morgan fingerprint density at radius 2 is 2.50 bits per heavy atom. The van der Waals surface area contributed by atoms with E-state index in [2.05, 4.69) is 14.7 Å². The molecule has 0 spiro atoms. The first-order valence-corrected chi connectivity index (χ1v) is 2.81. The smallest absolute Gasteiger partial charge is 0.213 e. The molecule has 1 unspecified atom stereocenters. The van der Waals surface area contributed by atoms with Crippen LogP contribution in [0.2, 0.25) is 0 Å². The Hall–Kier alpha value is -0.610. The van der Waals surface area contributed by atoms with Crippen molar-refractivity contribution in [2.24, 2.45) is 5.73 Å². The van der Waals surface area contributed by atoms with Crippen LogP contribution in [0.25, 0.3) is 0 Å². The van der Waals surface area contributed by atoms with Crippen LogP contribution in [-0.2, 0) is 0 Å². The predicted octanol–water partition coefficient (Wildman–Crippen LogP) is 0.554. The molecule has 0 aliphatic heterocycles. The Bertz CT molecular complexity index is 165. The van der Waals surface area contributed by atoms with Crippen molar-refractivity contribution in [3.63, 3.8) is 0 Å². The molecule has 4 nitrogen and oxygen atoms in total. The third-order valence-corrected chi connectivity index (χ3v) is 1.17. The summed E-state index contributed by atoms with van der Waals surface area (Å²) in [5, 5.41) is 3.62. The fourth-order valence-corrected chi connectivity index (χ4v) is 0.501. The topological polar surface area (TPSA) is 64.9 Å². The summed E-state index contributed by atoms with van der Waals surface area (Å²) in [4.78, 5) is 3.83. The van der Waals surface area contributed by atoms with Gasteiger partial charge in [0.1, 0.15) is 0 Å². The molecule has 0 aromatic carbocycles. The van der Waals surface area contributed by atoms with E-state index in [0.29, 0.717) is 12.4 Å². The van der Waals surface area contributed by atoms with Gasteiger partial charge in [0, 0.05) is 12.5 Å². The van der Waals surface area contributed by atoms with Gasteiger partial charge in [0.05, 0.1) is 0 Å². The molecule has 0 fully saturated rings. The van der Waals surface area contributed by atoms with Crippen LogP contribution in [0.15, 0.2) is 10.9 Å². The molecular formula is C5H10ClN3O. The summed E-state index contributed by atoms with van der Waals surface area (Å²) in [6.45, 7) is 2.50. The molecule has 1 heterocycles. The molecule has 1 rings (SSSR count). The van der Waals surface area contributed by atoms with Gasteiger partial charge in [-0.15, -0.1) is 12.4 Å². The van der Waals surface area contributed by atoms with Crippen molar-refractivity contribution in [1.82, 2.24) is 10.1 Å². The van der Waals surface area contributed by atoms with Gasteiger partial charge >= 0.3 is 0 Å². The van der Waals surface area contributed by atoms with Crippen LogP contribution in [0.5, 0.6) is 0 Å². The van der Waals surface area contributed by atoms with Gasteiger partial charge in [-0.1, -0.05) is 12.1 Å². The maximum Gasteiger partial charge on any atom is 0.213 e. The number of aromatic nitrogens is 2. The third kappa shape index (κ3) is 1.97. The summed E-state index contributed by atoms with van der Waals surface area (Å²) in [6.07, 6.45) is 1.31. The maximum atomic E-state index is 5.34. The van der Waals surface area contributed by atoms with E-state index in [1.54, 1.807) is 0 Å². The zero-order valence-electron chi connectivity index (χ0n) is 5.65. The summed E-state index contributed by atoms with van der Waals surface area (Å²) in [6, 6.07) is 0. The summed E-state index contributed by atoms with van der Waals surface area (Å²) in [5.74, 6) is 0.876. The van der Waals surface area contributed by atoms with E-state index in [4.69, 9.17) is 5.73 Å². The fraction of sp³-hybridized carbons (Fsp3) is 0.600. The minimum Gasteiger partial charge on any atom is -0.343 e. The third-order valence-electron chi connectivity index (χ3n) is 1.17. The minimum absolute atomic E-state index is 0. The molecule has 5 heteroatoms. The molecule has 0 saturated heterocycles. The summed E-state index contributed by atoms with van der Waals surface area (Å²) >= 11 is 0. The highest BCUT2D eigenvalue weighted by atomic mass is 35.5. The molecule has 1 aromatic heterocycles. The van der Waals surface area contributed by atoms with Crippen LogP contribution >= 0.6 is 12.4 Å². The number of hydrogen-bond acceptors (Lipinski definition) is 4. The largest absolute Gasteiger partial charge is 0.343 e. The van der Waals surface area contributed by atoms with E-state index in [1.807, 2.05) is 6.92 Å². The van der Waals surface area contributed by atoms with Gasteiger partial charge in [0.25, 0.3) is 0 Å². The molecule has 0 amide bonds. The second-order valence-electron chi connectivity index (χ2n) is 1.93. The summed E-state index contributed by atoms with van der Waals surface area (Å²) in [5.41, 5.74) is 5.34. The van der Waals surface area contributed by atoms with E-state index < -0.39 is 0 Å². The van der Waals surface area contributed by atoms with Crippen molar-refractivity contribution in [3.8, 4) is 0 Å². The molecule has 0 bridgehead atoms. The van der Waals surface area contributed by atoms with Crippen LogP contribution in [0.3, 0.4) is 0 Å². The lowest BCUT2D eigenvalue weighted by Crippen LogP contribution is -2.09. The molecule has 58 valence electrons. The van der Waals surface area contributed by atoms with Crippen LogP contribution in [0.4, 0.5) is 0 Å². The Balaban J connectivity index is 0.000000810. The highest BCUT2D eigenvalue weighted by Gasteiger charge is 2.06. The van der Waals surface area contributed by atoms with Gasteiger partial charge in [0.2, 0.25) is 6.39 Å². The van der Waals surface area contributed by atoms with Gasteiger partial charge in [0.15, 0.2) is 5.82 Å². The zero-order valence-corrected chi connectivity index (χ0v) is 6.47. The second-order valence-corrected chi connectivity index (χ2v) is 1.93. The van der Waals surface area contributed by atoms with Crippen molar-refractivity contribution in [2.45, 2.75) is 12.8 Å². The van der Waals surface area contributed by atoms with E-state index >= 15 is 0 Å². The van der Waals surface area contributed by atoms with Gasteiger partial charge in [-0.2, -0.15) is 4.98 Å². The number of rotatable bonds is 2. The van der Waals surface area contributed by atoms with Crippen LogP contribution in [0.1, 0.15) is 18.7 Å². The van der Waals surface area contributed by atoms with E-state index in [0.717, 1.165) is 0 Å². The molecule has 0 saturated carbocycles. The van der Waals surface area contributed by atoms with Gasteiger partial charge < -0.3 is 10.3 Å². The summed E-state index contributed by atoms with van der Waals surface area (Å²) < 4.78 is 4.52. The lowest BCUT2D eigenvalue weighted by Gasteiger charge is -1.98. The molecule has 0 aliphatic rings. The summed E-state index contributed by atoms with van der Waals surface area (Å²) in [7, 11) is 0. The van der Waals surface area contributed by atoms with Crippen molar-refractivity contribution < 1.29 is 4.52 Å². The molecule has 0 radical (unpaired) electrons. The number of nitrogens with two attached hydrogens (primary N) is 1. The minimum atomic E-state index is 0. The number of hydrogen-bond donors (Lipinski definition) is 1. The number of nitrogens with zero attached hydrogens (tertiary/aromatic N) is 2. The molecule has 2 N–H and O–H groups in total. The standard InChI is InChI=1S/C5H9N3O.ClH/c1-4(2-6)5-7-3-9-8-5;/h3-4H,2,6H2,1H3;1H. The van der Waals surface area contributed by atoms with Crippen LogP contribution < -0.4 is 5.73 Å². The second kappa shape index (κ2) is 4.24. The number of halogens is 1. The fourth-order valence-electron chi connectivity index (χ4n) is 0.501. The predicted molar refractivity (Wildman–Crippen MR) is 39.0 cm³/mol. The van der Waals surface area contributed by atoms with Crippen molar-refractivity contribution >= 4 is 12.4 Å². The molecule has 1 atom stereocenters. The van der Waals surface area contributed by atoms with Gasteiger partial charge in [-0.05, 0) is 0 Å². The first-order valence-electron chi connectivity index (χ1n) is 2.81. The molecule has 10 heavy (non-hydrogen) atoms. The van der Waals surface area contributed by atoms with Crippen molar-refractivity contribution in [3.05, 3.63) is 12.2 Å². The first-order chi connectivity index (χ1) is 4.34. The highest BCUT2D eigenvalue weighted by molar-refractivity contribution is 5.85. The lowest BCUT2D eigenvalue weighted by atomic mass is 10.2. The van der Waals surface area contributed by atoms with Crippen LogP contribution in [-0.4, -0.2) is 16.7 Å². The normalized spacial score (nSPS) is 12.2. The van der Waals surface area contributed by atoms with Gasteiger partial charge in [-0.25, -0.2) is 0 Å².